The summed E-state index contributed by atoms with van der Waals surface area (Å²) in [6.45, 7) is 8.03. The van der Waals surface area contributed by atoms with E-state index in [1.54, 1.807) is 6.92 Å². The lowest BCUT2D eigenvalue weighted by atomic mass is 9.89. The van der Waals surface area contributed by atoms with E-state index in [0.29, 0.717) is 6.42 Å². The summed E-state index contributed by atoms with van der Waals surface area (Å²) in [5, 5.41) is 12.2. The molecular formula is C10H22N2O2. The highest BCUT2D eigenvalue weighted by Gasteiger charge is 2.17. The largest absolute Gasteiger partial charge is 0.391 e. The van der Waals surface area contributed by atoms with E-state index < -0.39 is 12.1 Å². The topological polar surface area (TPSA) is 75.4 Å². The Balaban J connectivity index is 3.75. The molecule has 84 valence electrons. The van der Waals surface area contributed by atoms with Crippen molar-refractivity contribution in [3.8, 4) is 0 Å². The number of carbonyl (C=O) groups is 1. The molecule has 4 nitrogen and oxygen atoms in total. The van der Waals surface area contributed by atoms with Crippen LogP contribution in [0.2, 0.25) is 0 Å². The number of nitrogens with two attached hydrogens (primary N) is 1. The molecule has 14 heavy (non-hydrogen) atoms. The van der Waals surface area contributed by atoms with Crippen LogP contribution in [0.1, 0.15) is 34.1 Å². The van der Waals surface area contributed by atoms with Gasteiger partial charge in [0.1, 0.15) is 0 Å². The zero-order chi connectivity index (χ0) is 11.4. The van der Waals surface area contributed by atoms with E-state index in [-0.39, 0.29) is 17.9 Å². The third-order valence-corrected chi connectivity index (χ3v) is 1.77. The maximum atomic E-state index is 11.1. The lowest BCUT2D eigenvalue weighted by Crippen LogP contribution is -2.42. The number of rotatable bonds is 4. The maximum absolute atomic E-state index is 11.1. The van der Waals surface area contributed by atoms with Crippen molar-refractivity contribution in [3.05, 3.63) is 0 Å². The highest BCUT2D eigenvalue weighted by molar-refractivity contribution is 5.80. The van der Waals surface area contributed by atoms with E-state index in [0.717, 1.165) is 0 Å². The van der Waals surface area contributed by atoms with Gasteiger partial charge in [-0.1, -0.05) is 20.8 Å². The zero-order valence-corrected chi connectivity index (χ0v) is 9.50. The fraction of sp³-hybridized carbons (Fsp3) is 0.900. The molecule has 0 radical (unpaired) electrons. The standard InChI is InChI=1S/C10H22N2O2/c1-7(11)9(14)12-6-8(13)5-10(2,3)4/h7-8,13H,5-6,11H2,1-4H3,(H,12,14). The van der Waals surface area contributed by atoms with Crippen molar-refractivity contribution in [1.82, 2.24) is 5.32 Å². The molecule has 4 N–H and O–H groups in total. The molecule has 4 heteroatoms. The maximum Gasteiger partial charge on any atom is 0.236 e. The van der Waals surface area contributed by atoms with Gasteiger partial charge in [-0.15, -0.1) is 0 Å². The molecule has 0 fully saturated rings. The molecule has 0 aliphatic rings. The van der Waals surface area contributed by atoms with E-state index in [9.17, 15) is 9.90 Å². The Labute approximate surface area is 85.9 Å². The number of aliphatic hydroxyl groups is 1. The third-order valence-electron chi connectivity index (χ3n) is 1.77. The quantitative estimate of drug-likeness (QED) is 0.611. The molecular weight excluding hydrogens is 180 g/mol. The van der Waals surface area contributed by atoms with E-state index in [1.807, 2.05) is 20.8 Å². The molecule has 0 aromatic heterocycles. The average molecular weight is 202 g/mol. The Kier molecular flexibility index (Phi) is 5.08. The highest BCUT2D eigenvalue weighted by atomic mass is 16.3. The smallest absolute Gasteiger partial charge is 0.236 e. The lowest BCUT2D eigenvalue weighted by molar-refractivity contribution is -0.122. The molecule has 0 rings (SSSR count). The van der Waals surface area contributed by atoms with Crippen LogP contribution < -0.4 is 11.1 Å². The molecule has 0 saturated carbocycles. The van der Waals surface area contributed by atoms with Crippen molar-refractivity contribution in [2.75, 3.05) is 6.54 Å². The lowest BCUT2D eigenvalue weighted by Gasteiger charge is -2.22. The minimum absolute atomic E-state index is 0.0679. The van der Waals surface area contributed by atoms with Crippen LogP contribution in [-0.2, 0) is 4.79 Å². The summed E-state index contributed by atoms with van der Waals surface area (Å²) in [7, 11) is 0. The number of amides is 1. The Morgan fingerprint density at radius 3 is 2.36 bits per heavy atom. The first-order valence-electron chi connectivity index (χ1n) is 4.94. The van der Waals surface area contributed by atoms with Crippen molar-refractivity contribution in [2.24, 2.45) is 11.1 Å². The van der Waals surface area contributed by atoms with Gasteiger partial charge in [-0.2, -0.15) is 0 Å². The molecule has 0 bridgehead atoms. The van der Waals surface area contributed by atoms with Crippen molar-refractivity contribution in [3.63, 3.8) is 0 Å². The van der Waals surface area contributed by atoms with Gasteiger partial charge in [0, 0.05) is 6.54 Å². The van der Waals surface area contributed by atoms with E-state index in [4.69, 9.17) is 5.73 Å². The average Bonchev–Trinajstić information content (AvgIpc) is 1.96. The first-order chi connectivity index (χ1) is 6.22. The summed E-state index contributed by atoms with van der Waals surface area (Å²) in [4.78, 5) is 11.1. The molecule has 0 saturated heterocycles. The van der Waals surface area contributed by atoms with Gasteiger partial charge in [0.15, 0.2) is 0 Å². The van der Waals surface area contributed by atoms with Crippen molar-refractivity contribution < 1.29 is 9.90 Å². The number of aliphatic hydroxyl groups excluding tert-OH is 1. The Hall–Kier alpha value is -0.610. The van der Waals surface area contributed by atoms with Gasteiger partial charge >= 0.3 is 0 Å². The third kappa shape index (κ3) is 6.86. The molecule has 0 spiro atoms. The summed E-state index contributed by atoms with van der Waals surface area (Å²) >= 11 is 0. The predicted molar refractivity (Wildman–Crippen MR) is 56.7 cm³/mol. The van der Waals surface area contributed by atoms with E-state index in [1.165, 1.54) is 0 Å². The summed E-state index contributed by atoms with van der Waals surface area (Å²) in [5.41, 5.74) is 5.42. The van der Waals surface area contributed by atoms with Gasteiger partial charge in [0.2, 0.25) is 5.91 Å². The fourth-order valence-electron chi connectivity index (χ4n) is 1.16. The molecule has 2 atom stereocenters. The first kappa shape index (κ1) is 13.4. The van der Waals surface area contributed by atoms with Crippen LogP contribution in [0.5, 0.6) is 0 Å². The molecule has 1 amide bonds. The molecule has 0 aliphatic heterocycles. The van der Waals surface area contributed by atoms with Crippen LogP contribution in [0.4, 0.5) is 0 Å². The van der Waals surface area contributed by atoms with Crippen molar-refractivity contribution >= 4 is 5.91 Å². The Morgan fingerprint density at radius 2 is 2.00 bits per heavy atom. The highest BCUT2D eigenvalue weighted by Crippen LogP contribution is 2.20. The SMILES string of the molecule is CC(N)C(=O)NCC(O)CC(C)(C)C. The summed E-state index contributed by atoms with van der Waals surface area (Å²) < 4.78 is 0. The number of hydrogen-bond acceptors (Lipinski definition) is 3. The van der Waals surface area contributed by atoms with Gasteiger partial charge in [-0.3, -0.25) is 4.79 Å². The van der Waals surface area contributed by atoms with Crippen molar-refractivity contribution in [2.45, 2.75) is 46.3 Å². The second-order valence-electron chi connectivity index (χ2n) is 4.95. The van der Waals surface area contributed by atoms with Crippen LogP contribution >= 0.6 is 0 Å². The predicted octanol–water partition coefficient (Wildman–Crippen LogP) is 0.247. The fourth-order valence-corrected chi connectivity index (χ4v) is 1.16. The zero-order valence-electron chi connectivity index (χ0n) is 9.50. The van der Waals surface area contributed by atoms with E-state index in [2.05, 4.69) is 5.32 Å². The second-order valence-corrected chi connectivity index (χ2v) is 4.95. The molecule has 2 unspecified atom stereocenters. The van der Waals surface area contributed by atoms with E-state index >= 15 is 0 Å². The number of hydrogen-bond donors (Lipinski definition) is 3. The van der Waals surface area contributed by atoms with Gasteiger partial charge in [0.25, 0.3) is 0 Å². The molecule has 0 aliphatic carbocycles. The Morgan fingerprint density at radius 1 is 1.50 bits per heavy atom. The van der Waals surface area contributed by atoms with Crippen LogP contribution in [-0.4, -0.2) is 29.7 Å². The molecule has 0 aromatic carbocycles. The van der Waals surface area contributed by atoms with Gasteiger partial charge in [-0.05, 0) is 18.8 Å². The van der Waals surface area contributed by atoms with Gasteiger partial charge in [-0.25, -0.2) is 0 Å². The second kappa shape index (κ2) is 5.32. The summed E-state index contributed by atoms with van der Waals surface area (Å²) in [6, 6.07) is -0.517. The number of carbonyl (C=O) groups excluding carboxylic acids is 1. The first-order valence-corrected chi connectivity index (χ1v) is 4.94. The Bertz CT molecular complexity index is 185. The van der Waals surface area contributed by atoms with Crippen LogP contribution in [0.25, 0.3) is 0 Å². The monoisotopic (exact) mass is 202 g/mol. The van der Waals surface area contributed by atoms with Gasteiger partial charge in [0.05, 0.1) is 12.1 Å². The summed E-state index contributed by atoms with van der Waals surface area (Å²) in [5.74, 6) is -0.224. The number of nitrogens with one attached hydrogen (secondary N) is 1. The summed E-state index contributed by atoms with van der Waals surface area (Å²) in [6.07, 6.45) is 0.157. The van der Waals surface area contributed by atoms with Gasteiger partial charge < -0.3 is 16.2 Å². The molecule has 0 heterocycles. The van der Waals surface area contributed by atoms with Crippen LogP contribution in [0.15, 0.2) is 0 Å². The van der Waals surface area contributed by atoms with Crippen LogP contribution in [0.3, 0.4) is 0 Å². The van der Waals surface area contributed by atoms with Crippen molar-refractivity contribution in [1.29, 1.82) is 0 Å². The minimum Gasteiger partial charge on any atom is -0.391 e. The normalized spacial score (nSPS) is 16.1. The van der Waals surface area contributed by atoms with Crippen LogP contribution in [0, 0.1) is 5.41 Å². The minimum atomic E-state index is -0.517. The molecule has 0 aromatic rings.